The SMILES string of the molecule is CN[C@H](C(=O)N(C)[C@H](C(=O)N(C)[C@@H](CC(C)C)C(=O)NCCc1ccccc1)C(C)C)C(C)C. The van der Waals surface area contributed by atoms with E-state index in [1.165, 1.54) is 4.90 Å². The van der Waals surface area contributed by atoms with Crippen molar-refractivity contribution in [1.82, 2.24) is 20.4 Å². The van der Waals surface area contributed by atoms with Crippen LogP contribution in [0, 0.1) is 17.8 Å². The molecule has 0 unspecified atom stereocenters. The molecule has 34 heavy (non-hydrogen) atoms. The maximum Gasteiger partial charge on any atom is 0.246 e. The molecule has 0 aromatic heterocycles. The Morgan fingerprint density at radius 1 is 0.853 bits per heavy atom. The normalized spacial score (nSPS) is 14.1. The Bertz CT molecular complexity index is 779. The Kier molecular flexibility index (Phi) is 12.3. The smallest absolute Gasteiger partial charge is 0.246 e. The molecule has 7 heteroatoms. The summed E-state index contributed by atoms with van der Waals surface area (Å²) in [4.78, 5) is 43.1. The molecule has 1 rings (SSSR count). The fraction of sp³-hybridized carbons (Fsp3) is 0.667. The Balaban J connectivity index is 3.02. The molecule has 0 saturated carbocycles. The summed E-state index contributed by atoms with van der Waals surface area (Å²) in [5.74, 6) is -0.281. The summed E-state index contributed by atoms with van der Waals surface area (Å²) in [6.07, 6.45) is 1.28. The second-order valence-electron chi connectivity index (χ2n) is 10.3. The van der Waals surface area contributed by atoms with Crippen molar-refractivity contribution in [3.63, 3.8) is 0 Å². The summed E-state index contributed by atoms with van der Waals surface area (Å²) in [5.41, 5.74) is 1.15. The standard InChI is InChI=1S/C27H46N4O3/c1-18(2)17-22(25(32)29-16-15-21-13-11-10-12-14-21)30(8)27(34)24(20(5)6)31(9)26(33)23(28-7)19(3)4/h10-14,18-20,22-24,28H,15-17H2,1-9H3,(H,29,32)/t22-,23-,24-/m0/s1. The van der Waals surface area contributed by atoms with E-state index in [2.05, 4.69) is 10.6 Å². The molecule has 1 aromatic carbocycles. The minimum Gasteiger partial charge on any atom is -0.354 e. The van der Waals surface area contributed by atoms with Crippen LogP contribution < -0.4 is 10.6 Å². The van der Waals surface area contributed by atoms with Gasteiger partial charge in [-0.15, -0.1) is 0 Å². The van der Waals surface area contributed by atoms with Crippen molar-refractivity contribution in [3.05, 3.63) is 35.9 Å². The topological polar surface area (TPSA) is 81.8 Å². The van der Waals surface area contributed by atoms with Crippen LogP contribution in [-0.4, -0.2) is 73.3 Å². The Labute approximate surface area is 206 Å². The van der Waals surface area contributed by atoms with Crippen molar-refractivity contribution in [2.75, 3.05) is 27.7 Å². The van der Waals surface area contributed by atoms with Crippen LogP contribution in [0.5, 0.6) is 0 Å². The molecule has 0 spiro atoms. The van der Waals surface area contributed by atoms with E-state index in [-0.39, 0.29) is 41.5 Å². The zero-order chi connectivity index (χ0) is 26.0. The maximum absolute atomic E-state index is 13.7. The van der Waals surface area contributed by atoms with E-state index in [1.54, 1.807) is 26.0 Å². The first-order valence-electron chi connectivity index (χ1n) is 12.4. The van der Waals surface area contributed by atoms with Crippen LogP contribution in [0.25, 0.3) is 0 Å². The molecule has 1 aromatic rings. The van der Waals surface area contributed by atoms with E-state index in [9.17, 15) is 14.4 Å². The van der Waals surface area contributed by atoms with Crippen molar-refractivity contribution < 1.29 is 14.4 Å². The van der Waals surface area contributed by atoms with Gasteiger partial charge in [-0.25, -0.2) is 0 Å². The van der Waals surface area contributed by atoms with Crippen LogP contribution in [0.1, 0.15) is 53.5 Å². The summed E-state index contributed by atoms with van der Waals surface area (Å²) in [7, 11) is 5.12. The Morgan fingerprint density at radius 2 is 1.44 bits per heavy atom. The summed E-state index contributed by atoms with van der Waals surface area (Å²) < 4.78 is 0. The second-order valence-corrected chi connectivity index (χ2v) is 10.3. The zero-order valence-electron chi connectivity index (χ0n) is 22.6. The van der Waals surface area contributed by atoms with Crippen LogP contribution in [0.2, 0.25) is 0 Å². The second kappa shape index (κ2) is 14.1. The van der Waals surface area contributed by atoms with E-state index >= 15 is 0 Å². The van der Waals surface area contributed by atoms with Crippen LogP contribution >= 0.6 is 0 Å². The molecule has 2 N–H and O–H groups in total. The molecule has 0 fully saturated rings. The minimum absolute atomic E-state index is 0.0877. The van der Waals surface area contributed by atoms with Gasteiger partial charge >= 0.3 is 0 Å². The number of nitrogens with zero attached hydrogens (tertiary/aromatic N) is 2. The van der Waals surface area contributed by atoms with Gasteiger partial charge in [0.05, 0.1) is 6.04 Å². The fourth-order valence-corrected chi connectivity index (χ4v) is 4.34. The molecule has 0 bridgehead atoms. The lowest BCUT2D eigenvalue weighted by molar-refractivity contribution is -0.150. The van der Waals surface area contributed by atoms with Gasteiger partial charge in [0, 0.05) is 20.6 Å². The molecule has 0 aliphatic heterocycles. The van der Waals surface area contributed by atoms with Gasteiger partial charge in [-0.2, -0.15) is 0 Å². The molecular formula is C27H46N4O3. The van der Waals surface area contributed by atoms with Crippen LogP contribution in [0.4, 0.5) is 0 Å². The minimum atomic E-state index is -0.654. The van der Waals surface area contributed by atoms with Gasteiger partial charge in [0.15, 0.2) is 0 Å². The first kappa shape index (κ1) is 29.6. The highest BCUT2D eigenvalue weighted by Crippen LogP contribution is 2.19. The molecule has 0 aliphatic rings. The van der Waals surface area contributed by atoms with Crippen molar-refractivity contribution in [1.29, 1.82) is 0 Å². The van der Waals surface area contributed by atoms with E-state index in [1.807, 2.05) is 71.9 Å². The lowest BCUT2D eigenvalue weighted by atomic mass is 9.96. The molecule has 192 valence electrons. The fourth-order valence-electron chi connectivity index (χ4n) is 4.34. The van der Waals surface area contributed by atoms with Crippen molar-refractivity contribution in [2.24, 2.45) is 17.8 Å². The highest BCUT2D eigenvalue weighted by Gasteiger charge is 2.38. The summed E-state index contributed by atoms with van der Waals surface area (Å²) in [6.45, 7) is 12.4. The van der Waals surface area contributed by atoms with E-state index in [4.69, 9.17) is 0 Å². The predicted molar refractivity (Wildman–Crippen MR) is 138 cm³/mol. The summed E-state index contributed by atoms with van der Waals surface area (Å²) in [6, 6.07) is 8.36. The molecular weight excluding hydrogens is 428 g/mol. The first-order valence-corrected chi connectivity index (χ1v) is 12.4. The number of hydrogen-bond acceptors (Lipinski definition) is 4. The van der Waals surface area contributed by atoms with Crippen molar-refractivity contribution in [2.45, 2.75) is 72.5 Å². The monoisotopic (exact) mass is 474 g/mol. The lowest BCUT2D eigenvalue weighted by Gasteiger charge is -2.38. The third kappa shape index (κ3) is 8.42. The van der Waals surface area contributed by atoms with Gasteiger partial charge in [-0.3, -0.25) is 14.4 Å². The average molecular weight is 475 g/mol. The molecule has 0 heterocycles. The Morgan fingerprint density at radius 3 is 1.91 bits per heavy atom. The number of likely N-dealkylation sites (N-methyl/N-ethyl adjacent to an activating group) is 3. The predicted octanol–water partition coefficient (Wildman–Crippen LogP) is 2.95. The van der Waals surface area contributed by atoms with Crippen molar-refractivity contribution >= 4 is 17.7 Å². The zero-order valence-corrected chi connectivity index (χ0v) is 22.6. The van der Waals surface area contributed by atoms with E-state index in [0.29, 0.717) is 13.0 Å². The number of amides is 3. The van der Waals surface area contributed by atoms with Crippen molar-refractivity contribution in [3.8, 4) is 0 Å². The Hall–Kier alpha value is -2.41. The van der Waals surface area contributed by atoms with Gasteiger partial charge < -0.3 is 20.4 Å². The van der Waals surface area contributed by atoms with E-state index in [0.717, 1.165) is 12.0 Å². The molecule has 0 saturated heterocycles. The number of carbonyl (C=O) groups is 3. The number of hydrogen-bond donors (Lipinski definition) is 2. The number of carbonyl (C=O) groups excluding carboxylic acids is 3. The maximum atomic E-state index is 13.7. The molecule has 3 amide bonds. The molecule has 3 atom stereocenters. The largest absolute Gasteiger partial charge is 0.354 e. The summed E-state index contributed by atoms with van der Waals surface area (Å²) in [5, 5.41) is 6.08. The van der Waals surface area contributed by atoms with Gasteiger partial charge in [-0.05, 0) is 43.2 Å². The highest BCUT2D eigenvalue weighted by molar-refractivity contribution is 5.93. The van der Waals surface area contributed by atoms with Gasteiger partial charge in [-0.1, -0.05) is 71.9 Å². The molecule has 7 nitrogen and oxygen atoms in total. The van der Waals surface area contributed by atoms with Crippen LogP contribution in [0.15, 0.2) is 30.3 Å². The summed E-state index contributed by atoms with van der Waals surface area (Å²) >= 11 is 0. The van der Waals surface area contributed by atoms with Crippen LogP contribution in [0.3, 0.4) is 0 Å². The van der Waals surface area contributed by atoms with Crippen LogP contribution in [-0.2, 0) is 20.8 Å². The first-order chi connectivity index (χ1) is 15.9. The lowest BCUT2D eigenvalue weighted by Crippen LogP contribution is -2.59. The highest BCUT2D eigenvalue weighted by atomic mass is 16.2. The molecule has 0 radical (unpaired) electrons. The van der Waals surface area contributed by atoms with E-state index < -0.39 is 12.1 Å². The average Bonchev–Trinajstić information content (AvgIpc) is 2.77. The van der Waals surface area contributed by atoms with Gasteiger partial charge in [0.25, 0.3) is 0 Å². The van der Waals surface area contributed by atoms with Gasteiger partial charge in [0.1, 0.15) is 12.1 Å². The van der Waals surface area contributed by atoms with Gasteiger partial charge in [0.2, 0.25) is 17.7 Å². The quantitative estimate of drug-likeness (QED) is 0.461. The number of benzene rings is 1. The molecule has 0 aliphatic carbocycles. The third-order valence-electron chi connectivity index (χ3n) is 6.26. The third-order valence-corrected chi connectivity index (χ3v) is 6.26. The number of nitrogens with one attached hydrogen (secondary N) is 2. The number of rotatable bonds is 13.